The van der Waals surface area contributed by atoms with Crippen molar-refractivity contribution in [3.8, 4) is 11.8 Å². The molecule has 4 bridgehead atoms. The third-order valence-electron chi connectivity index (χ3n) is 8.31. The molecule has 0 aromatic heterocycles. The third kappa shape index (κ3) is 4.28. The quantitative estimate of drug-likeness (QED) is 0.406. The minimum absolute atomic E-state index is 0.0236. The molecule has 4 heteroatoms. The zero-order valence-corrected chi connectivity index (χ0v) is 20.3. The van der Waals surface area contributed by atoms with Gasteiger partial charge in [-0.3, -0.25) is 0 Å². The van der Waals surface area contributed by atoms with Crippen molar-refractivity contribution in [1.29, 1.82) is 0 Å². The van der Waals surface area contributed by atoms with E-state index < -0.39 is 5.97 Å². The molecule has 6 rings (SSSR count). The van der Waals surface area contributed by atoms with Crippen LogP contribution in [0, 0.1) is 29.6 Å². The molecule has 4 nitrogen and oxygen atoms in total. The second-order valence-corrected chi connectivity index (χ2v) is 10.7. The number of hydrogen-bond acceptors (Lipinski definition) is 3. The van der Waals surface area contributed by atoms with Gasteiger partial charge in [0.1, 0.15) is 0 Å². The van der Waals surface area contributed by atoms with Gasteiger partial charge in [0.05, 0.1) is 11.7 Å². The van der Waals surface area contributed by atoms with Gasteiger partial charge in [-0.2, -0.15) is 0 Å². The van der Waals surface area contributed by atoms with Gasteiger partial charge in [0.2, 0.25) is 0 Å². The molecule has 2 unspecified atom stereocenters. The summed E-state index contributed by atoms with van der Waals surface area (Å²) >= 11 is 0. The second kappa shape index (κ2) is 9.21. The predicted octanol–water partition coefficient (Wildman–Crippen LogP) is 6.32. The number of rotatable bonds is 6. The Hall–Kier alpha value is -2.61. The van der Waals surface area contributed by atoms with Crippen LogP contribution in [0.2, 0.25) is 0 Å². The molecule has 34 heavy (non-hydrogen) atoms. The van der Waals surface area contributed by atoms with Crippen LogP contribution in [0.15, 0.2) is 42.5 Å². The maximum Gasteiger partial charge on any atom is 0.336 e. The topological polar surface area (TPSA) is 55.8 Å². The highest BCUT2D eigenvalue weighted by Gasteiger charge is 2.53. The van der Waals surface area contributed by atoms with Crippen molar-refractivity contribution in [3.05, 3.63) is 70.3 Å². The van der Waals surface area contributed by atoms with Crippen LogP contribution in [0.4, 0.5) is 0 Å². The van der Waals surface area contributed by atoms with Crippen molar-refractivity contribution in [2.45, 2.75) is 70.2 Å². The molecule has 0 saturated heterocycles. The lowest BCUT2D eigenvalue weighted by Gasteiger charge is -2.58. The van der Waals surface area contributed by atoms with E-state index >= 15 is 0 Å². The number of carbonyl (C=O) groups is 1. The second-order valence-electron chi connectivity index (χ2n) is 10.7. The number of aromatic carboxylic acids is 1. The van der Waals surface area contributed by atoms with Crippen LogP contribution in [0.25, 0.3) is 0 Å². The summed E-state index contributed by atoms with van der Waals surface area (Å²) in [6.07, 6.45) is 6.78. The first-order chi connectivity index (χ1) is 16.4. The summed E-state index contributed by atoms with van der Waals surface area (Å²) < 4.78 is 11.6. The van der Waals surface area contributed by atoms with Gasteiger partial charge in [-0.05, 0) is 105 Å². The van der Waals surface area contributed by atoms with Crippen LogP contribution in [0.3, 0.4) is 0 Å². The normalized spacial score (nSPS) is 28.7. The van der Waals surface area contributed by atoms with Gasteiger partial charge in [0.25, 0.3) is 0 Å². The van der Waals surface area contributed by atoms with E-state index in [0.29, 0.717) is 11.1 Å². The molecule has 2 aromatic rings. The van der Waals surface area contributed by atoms with E-state index in [2.05, 4.69) is 11.8 Å². The van der Waals surface area contributed by atoms with E-state index in [1.165, 1.54) is 19.3 Å². The summed E-state index contributed by atoms with van der Waals surface area (Å²) in [6.45, 7) is 3.94. The molecule has 4 saturated carbocycles. The molecule has 0 spiro atoms. The smallest absolute Gasteiger partial charge is 0.336 e. The molecule has 0 radical (unpaired) electrons. The number of methoxy groups -OCH3 is 1. The van der Waals surface area contributed by atoms with Crippen LogP contribution < -0.4 is 0 Å². The highest BCUT2D eigenvalue weighted by atomic mass is 16.7. The molecule has 4 aliphatic rings. The lowest BCUT2D eigenvalue weighted by atomic mass is 9.47. The Bertz CT molecular complexity index is 1090. The molecule has 4 fully saturated rings. The number of carboxylic acid groups (broad SMARTS) is 1. The molecule has 4 aliphatic carbocycles. The highest BCUT2D eigenvalue weighted by molar-refractivity contribution is 5.92. The Morgan fingerprint density at radius 2 is 1.59 bits per heavy atom. The maximum absolute atomic E-state index is 12.4. The zero-order chi connectivity index (χ0) is 23.9. The summed E-state index contributed by atoms with van der Waals surface area (Å²) in [5.74, 6) is 7.89. The van der Waals surface area contributed by atoms with Crippen molar-refractivity contribution < 1.29 is 19.4 Å². The molecular formula is C30H34O4. The molecular weight excluding hydrogens is 424 g/mol. The van der Waals surface area contributed by atoms with Crippen LogP contribution in [-0.4, -0.2) is 24.5 Å². The predicted molar refractivity (Wildman–Crippen MR) is 132 cm³/mol. The minimum Gasteiger partial charge on any atom is -0.478 e. The Morgan fingerprint density at radius 3 is 2.15 bits per heavy atom. The first kappa shape index (κ1) is 23.1. The molecule has 1 N–H and O–H groups in total. The SMILES string of the molecule is COC(C)OC(C)c1ccc(C(=O)O)c(C#Cc2ccccc2)c1C12CC3CC(CC(C3)C1)C2. The molecule has 178 valence electrons. The van der Waals surface area contributed by atoms with Crippen molar-refractivity contribution in [2.24, 2.45) is 17.8 Å². The first-order valence-corrected chi connectivity index (χ1v) is 12.5. The highest BCUT2D eigenvalue weighted by Crippen LogP contribution is 2.62. The van der Waals surface area contributed by atoms with E-state index in [0.717, 1.165) is 53.7 Å². The van der Waals surface area contributed by atoms with Gasteiger partial charge in [-0.1, -0.05) is 36.1 Å². The average Bonchev–Trinajstić information content (AvgIpc) is 2.81. The minimum atomic E-state index is -0.922. The summed E-state index contributed by atoms with van der Waals surface area (Å²) in [7, 11) is 1.64. The fourth-order valence-corrected chi connectivity index (χ4v) is 7.33. The van der Waals surface area contributed by atoms with E-state index in [4.69, 9.17) is 9.47 Å². The van der Waals surface area contributed by atoms with Crippen molar-refractivity contribution in [2.75, 3.05) is 7.11 Å². The Kier molecular flexibility index (Phi) is 6.27. The van der Waals surface area contributed by atoms with E-state index in [9.17, 15) is 9.90 Å². The third-order valence-corrected chi connectivity index (χ3v) is 8.31. The first-order valence-electron chi connectivity index (χ1n) is 12.5. The van der Waals surface area contributed by atoms with Gasteiger partial charge in [0, 0.05) is 18.2 Å². The average molecular weight is 459 g/mol. The molecule has 0 heterocycles. The number of ether oxygens (including phenoxy) is 2. The van der Waals surface area contributed by atoms with E-state index in [-0.39, 0.29) is 17.8 Å². The fourth-order valence-electron chi connectivity index (χ4n) is 7.33. The van der Waals surface area contributed by atoms with Gasteiger partial charge < -0.3 is 14.6 Å². The molecule has 2 atom stereocenters. The summed E-state index contributed by atoms with van der Waals surface area (Å²) in [5, 5.41) is 10.2. The van der Waals surface area contributed by atoms with Gasteiger partial charge in [0.15, 0.2) is 6.29 Å². The van der Waals surface area contributed by atoms with Gasteiger partial charge in [-0.15, -0.1) is 0 Å². The zero-order valence-electron chi connectivity index (χ0n) is 20.3. The summed E-state index contributed by atoms with van der Waals surface area (Å²) in [5.41, 5.74) is 4.03. The Labute approximate surface area is 202 Å². The van der Waals surface area contributed by atoms with E-state index in [1.54, 1.807) is 13.2 Å². The van der Waals surface area contributed by atoms with Crippen molar-refractivity contribution in [1.82, 2.24) is 0 Å². The Morgan fingerprint density at radius 1 is 0.971 bits per heavy atom. The van der Waals surface area contributed by atoms with Crippen LogP contribution in [0.1, 0.15) is 91.1 Å². The summed E-state index contributed by atoms with van der Waals surface area (Å²) in [4.78, 5) is 12.4. The fraction of sp³-hybridized carbons (Fsp3) is 0.500. The van der Waals surface area contributed by atoms with Crippen molar-refractivity contribution in [3.63, 3.8) is 0 Å². The molecule has 0 aliphatic heterocycles. The van der Waals surface area contributed by atoms with E-state index in [1.807, 2.05) is 50.2 Å². The van der Waals surface area contributed by atoms with Crippen LogP contribution in [0.5, 0.6) is 0 Å². The van der Waals surface area contributed by atoms with Gasteiger partial charge in [-0.25, -0.2) is 4.79 Å². The van der Waals surface area contributed by atoms with Crippen LogP contribution in [-0.2, 0) is 14.9 Å². The molecule has 2 aromatic carbocycles. The van der Waals surface area contributed by atoms with Gasteiger partial charge >= 0.3 is 5.97 Å². The number of carboxylic acids is 1. The number of hydrogen-bond donors (Lipinski definition) is 1. The molecule has 0 amide bonds. The van der Waals surface area contributed by atoms with Crippen molar-refractivity contribution >= 4 is 5.97 Å². The largest absolute Gasteiger partial charge is 0.478 e. The summed E-state index contributed by atoms with van der Waals surface area (Å²) in [6, 6.07) is 13.5. The monoisotopic (exact) mass is 458 g/mol. The Balaban J connectivity index is 1.71. The number of benzene rings is 2. The standard InChI is InChI=1S/C30H34O4/c1-19(34-20(2)33-3)25-11-12-27(29(31)32)26(10-9-21-7-5-4-6-8-21)28(25)30-16-22-13-23(17-30)15-24(14-22)18-30/h4-8,11-12,19-20,22-24H,13-18H2,1-3H3,(H,31,32). The lowest BCUT2D eigenvalue weighted by Crippen LogP contribution is -2.49. The lowest BCUT2D eigenvalue weighted by molar-refractivity contribution is -0.141. The van der Waals surface area contributed by atoms with Crippen LogP contribution >= 0.6 is 0 Å². The maximum atomic E-state index is 12.4.